The first-order chi connectivity index (χ1) is 19.2. The van der Waals surface area contributed by atoms with Crippen LogP contribution in [0, 0.1) is 33.8 Å². The molecule has 0 bridgehead atoms. The normalized spacial score (nSPS) is 44.2. The van der Waals surface area contributed by atoms with E-state index in [0.29, 0.717) is 48.1 Å². The summed E-state index contributed by atoms with van der Waals surface area (Å²) in [6, 6.07) is 2.90. The molecule has 0 aromatic heterocycles. The van der Waals surface area contributed by atoms with Crippen molar-refractivity contribution >= 4 is 0 Å². The Morgan fingerprint density at radius 3 is 1.34 bits per heavy atom. The Labute approximate surface area is 258 Å². The maximum Gasteiger partial charge on any atom is 2.00 e. The van der Waals surface area contributed by atoms with Crippen molar-refractivity contribution in [2.75, 3.05) is 0 Å². The molecule has 12 unspecified atom stereocenters. The summed E-state index contributed by atoms with van der Waals surface area (Å²) in [4.78, 5) is 8.36. The van der Waals surface area contributed by atoms with Gasteiger partial charge in [0.15, 0.2) is 0 Å². The molecule has 4 saturated heterocycles. The summed E-state index contributed by atoms with van der Waals surface area (Å²) >= 11 is 0. The summed E-state index contributed by atoms with van der Waals surface area (Å²) < 4.78 is 0. The van der Waals surface area contributed by atoms with Crippen molar-refractivity contribution in [2.45, 2.75) is 165 Å². The number of hydrogen-bond donors (Lipinski definition) is 3. The standard InChI is InChI=1S/2C15H27N3.Cu.HNO3/c2*1-10-5-4-8-13(17-10)14-9-11-6-2-3-7-12(11)15(16)18-14;;2-1(3)4/h2*10-15H,2-9,16H2,1H3;;(H,2,3,4)/q2*-2;+2;. The smallest absolute Gasteiger partial charge is 0.658 e. The molecule has 6 fully saturated rings. The van der Waals surface area contributed by atoms with Crippen LogP contribution in [-0.4, -0.2) is 58.9 Å². The molecule has 41 heavy (non-hydrogen) atoms. The van der Waals surface area contributed by atoms with Crippen molar-refractivity contribution in [3.05, 3.63) is 31.4 Å². The van der Waals surface area contributed by atoms with Gasteiger partial charge in [-0.3, -0.25) is 0 Å². The molecule has 0 aromatic rings. The maximum atomic E-state index is 8.36. The van der Waals surface area contributed by atoms with Crippen LogP contribution >= 0.6 is 0 Å². The molecule has 0 aromatic carbocycles. The van der Waals surface area contributed by atoms with E-state index in [2.05, 4.69) is 13.8 Å². The van der Waals surface area contributed by atoms with Crippen LogP contribution < -0.4 is 11.5 Å². The van der Waals surface area contributed by atoms with E-state index in [1.165, 1.54) is 103 Å². The fraction of sp³-hybridized carbons (Fsp3) is 1.00. The zero-order valence-corrected chi connectivity index (χ0v) is 26.1. The fourth-order valence-corrected chi connectivity index (χ4v) is 8.66. The Kier molecular flexibility index (Phi) is 14.6. The van der Waals surface area contributed by atoms with E-state index in [9.17, 15) is 0 Å². The first-order valence-electron chi connectivity index (χ1n) is 16.4. The molecule has 1 radical (unpaired) electrons. The van der Waals surface area contributed by atoms with Gasteiger partial charge in [-0.05, 0) is 23.7 Å². The van der Waals surface area contributed by atoms with Gasteiger partial charge in [-0.15, -0.1) is 22.2 Å². The van der Waals surface area contributed by atoms with Crippen LogP contribution in [0.1, 0.15) is 117 Å². The first-order valence-corrected chi connectivity index (χ1v) is 16.4. The van der Waals surface area contributed by atoms with Crippen LogP contribution in [0.3, 0.4) is 0 Å². The van der Waals surface area contributed by atoms with Crippen LogP contribution in [0.15, 0.2) is 0 Å². The van der Waals surface area contributed by atoms with Crippen molar-refractivity contribution in [1.82, 2.24) is 0 Å². The van der Waals surface area contributed by atoms with Crippen molar-refractivity contribution in [3.8, 4) is 0 Å². The third-order valence-electron chi connectivity index (χ3n) is 10.7. The SMILES string of the molecule is CC1CCCC(C2CC3CCCCC3C(N)[N-]2)[N-]1.CC1CCCC(C2CC3CCCCC3C(N)[N-]2)[N-]1.O=[N+]([O-])O.[Cu+2]. The summed E-state index contributed by atoms with van der Waals surface area (Å²) in [6.07, 6.45) is 21.3. The maximum absolute atomic E-state index is 8.36. The topological polar surface area (TPSA) is 172 Å². The van der Waals surface area contributed by atoms with E-state index < -0.39 is 5.09 Å². The van der Waals surface area contributed by atoms with E-state index in [1.807, 2.05) is 0 Å². The quantitative estimate of drug-likeness (QED) is 0.175. The van der Waals surface area contributed by atoms with Gasteiger partial charge in [0.05, 0.1) is 0 Å². The summed E-state index contributed by atoms with van der Waals surface area (Å²) in [5, 5.41) is 33.3. The molecule has 4 heterocycles. The van der Waals surface area contributed by atoms with E-state index >= 15 is 0 Å². The third kappa shape index (κ3) is 10.3. The molecular weight excluding hydrogens is 570 g/mol. The molecule has 10 nitrogen and oxygen atoms in total. The number of nitrogens with zero attached hydrogens (tertiary/aromatic N) is 5. The van der Waals surface area contributed by atoms with Crippen LogP contribution in [0.25, 0.3) is 21.3 Å². The van der Waals surface area contributed by atoms with Gasteiger partial charge in [0.1, 0.15) is 0 Å². The minimum atomic E-state index is -1.50. The Hall–Kier alpha value is -0.521. The molecular formula is C30H55CuN7O3-2. The zero-order chi connectivity index (χ0) is 28.6. The number of hydrogen-bond acceptors (Lipinski definition) is 4. The molecule has 5 N–H and O–H groups in total. The monoisotopic (exact) mass is 624 g/mol. The predicted molar refractivity (Wildman–Crippen MR) is 160 cm³/mol. The Bertz CT molecular complexity index is 722. The van der Waals surface area contributed by atoms with Gasteiger partial charge in [-0.1, -0.05) is 129 Å². The van der Waals surface area contributed by atoms with E-state index in [4.69, 9.17) is 48.1 Å². The van der Waals surface area contributed by atoms with Crippen molar-refractivity contribution in [1.29, 1.82) is 0 Å². The van der Waals surface area contributed by atoms with Gasteiger partial charge < -0.3 is 37.9 Å². The van der Waals surface area contributed by atoms with E-state index in [-0.39, 0.29) is 29.4 Å². The largest absolute Gasteiger partial charge is 2.00 e. The summed E-state index contributed by atoms with van der Waals surface area (Å²) in [7, 11) is 0. The molecule has 12 atom stereocenters. The first kappa shape index (κ1) is 35.0. The summed E-state index contributed by atoms with van der Waals surface area (Å²) in [5.41, 5.74) is 12.6. The van der Waals surface area contributed by atoms with E-state index in [0.717, 1.165) is 11.8 Å². The number of rotatable bonds is 2. The van der Waals surface area contributed by atoms with Gasteiger partial charge in [-0.25, -0.2) is 0 Å². The molecule has 241 valence electrons. The molecule has 4 aliphatic heterocycles. The summed E-state index contributed by atoms with van der Waals surface area (Å²) in [6.45, 7) is 4.50. The van der Waals surface area contributed by atoms with Crippen LogP contribution in [0.2, 0.25) is 0 Å². The molecule has 11 heteroatoms. The minimum Gasteiger partial charge on any atom is -0.658 e. The second kappa shape index (κ2) is 17.1. The molecule has 2 aliphatic carbocycles. The molecule has 2 saturated carbocycles. The Morgan fingerprint density at radius 1 is 0.610 bits per heavy atom. The Morgan fingerprint density at radius 2 is 0.976 bits per heavy atom. The van der Waals surface area contributed by atoms with Gasteiger partial charge in [-0.2, -0.15) is 24.2 Å². The molecule has 6 aliphatic rings. The second-order valence-corrected chi connectivity index (χ2v) is 13.5. The minimum absolute atomic E-state index is 0. The molecule has 0 amide bonds. The average Bonchev–Trinajstić information content (AvgIpc) is 2.93. The average molecular weight is 625 g/mol. The number of piperidine rings is 4. The number of fused-ring (bicyclic) bond motifs is 2. The van der Waals surface area contributed by atoms with Crippen LogP contribution in [0.5, 0.6) is 0 Å². The number of nitrogens with two attached hydrogens (primary N) is 2. The van der Waals surface area contributed by atoms with Crippen LogP contribution in [0.4, 0.5) is 0 Å². The van der Waals surface area contributed by atoms with Gasteiger partial charge in [0.25, 0.3) is 5.09 Å². The molecule has 0 spiro atoms. The van der Waals surface area contributed by atoms with Gasteiger partial charge in [0.2, 0.25) is 0 Å². The van der Waals surface area contributed by atoms with Crippen molar-refractivity contribution in [3.63, 3.8) is 0 Å². The summed E-state index contributed by atoms with van der Waals surface area (Å²) in [5.74, 6) is 3.03. The van der Waals surface area contributed by atoms with E-state index in [1.54, 1.807) is 0 Å². The Balaban J connectivity index is 0.000000196. The second-order valence-electron chi connectivity index (χ2n) is 13.5. The van der Waals surface area contributed by atoms with Gasteiger partial charge >= 0.3 is 17.1 Å². The zero-order valence-electron chi connectivity index (χ0n) is 25.2. The predicted octanol–water partition coefficient (Wildman–Crippen LogP) is 6.73. The van der Waals surface area contributed by atoms with Crippen molar-refractivity contribution in [2.24, 2.45) is 35.1 Å². The molecule has 6 rings (SSSR count). The van der Waals surface area contributed by atoms with Crippen LogP contribution in [-0.2, 0) is 17.1 Å². The fourth-order valence-electron chi connectivity index (χ4n) is 8.66. The third-order valence-corrected chi connectivity index (χ3v) is 10.7. The van der Waals surface area contributed by atoms with Gasteiger partial charge in [0, 0.05) is 0 Å². The van der Waals surface area contributed by atoms with Crippen molar-refractivity contribution < 1.29 is 27.4 Å².